The van der Waals surface area contributed by atoms with Crippen molar-refractivity contribution in [2.45, 2.75) is 18.4 Å². The number of benzene rings is 1. The Morgan fingerprint density at radius 3 is 2.50 bits per heavy atom. The van der Waals surface area contributed by atoms with E-state index >= 15 is 0 Å². The lowest BCUT2D eigenvalue weighted by molar-refractivity contribution is 0.475. The number of nitrogens with two attached hydrogens (primary N) is 2. The van der Waals surface area contributed by atoms with Gasteiger partial charge in [0.1, 0.15) is 5.75 Å². The number of anilines is 1. The lowest BCUT2D eigenvalue weighted by atomic mass is 10.0. The Kier molecular flexibility index (Phi) is 1.32. The Labute approximate surface area is 71.0 Å². The molecule has 0 aromatic heterocycles. The van der Waals surface area contributed by atoms with E-state index in [9.17, 15) is 0 Å². The van der Waals surface area contributed by atoms with Gasteiger partial charge in [0, 0.05) is 17.3 Å². The Balaban J connectivity index is 2.45. The van der Waals surface area contributed by atoms with Crippen molar-refractivity contribution in [2.75, 3.05) is 5.73 Å². The van der Waals surface area contributed by atoms with Gasteiger partial charge in [-0.1, -0.05) is 6.07 Å². The maximum Gasteiger partial charge on any atom is 0.117 e. The average Bonchev–Trinajstić information content (AvgIpc) is 2.68. The lowest BCUT2D eigenvalue weighted by Gasteiger charge is -2.11. The minimum atomic E-state index is -0.211. The van der Waals surface area contributed by atoms with Crippen molar-refractivity contribution in [3.63, 3.8) is 0 Å². The van der Waals surface area contributed by atoms with E-state index in [1.165, 1.54) is 0 Å². The summed E-state index contributed by atoms with van der Waals surface area (Å²) in [6.45, 7) is 0. The van der Waals surface area contributed by atoms with Crippen LogP contribution in [0.25, 0.3) is 0 Å². The molecule has 1 aromatic carbocycles. The van der Waals surface area contributed by atoms with Crippen molar-refractivity contribution < 1.29 is 5.11 Å². The molecule has 0 amide bonds. The van der Waals surface area contributed by atoms with Crippen LogP contribution in [0.15, 0.2) is 18.2 Å². The van der Waals surface area contributed by atoms with Gasteiger partial charge in [-0.05, 0) is 24.5 Å². The zero-order chi connectivity index (χ0) is 8.77. The van der Waals surface area contributed by atoms with E-state index in [1.807, 2.05) is 0 Å². The van der Waals surface area contributed by atoms with Gasteiger partial charge in [-0.2, -0.15) is 0 Å². The molecule has 3 nitrogen and oxygen atoms in total. The summed E-state index contributed by atoms with van der Waals surface area (Å²) in [5.74, 6) is 0.195. The van der Waals surface area contributed by atoms with Crippen LogP contribution in [0.4, 0.5) is 5.69 Å². The van der Waals surface area contributed by atoms with Crippen LogP contribution < -0.4 is 11.5 Å². The highest BCUT2D eigenvalue weighted by molar-refractivity contribution is 5.55. The summed E-state index contributed by atoms with van der Waals surface area (Å²) >= 11 is 0. The maximum absolute atomic E-state index is 9.10. The second-order valence-corrected chi connectivity index (χ2v) is 3.43. The lowest BCUT2D eigenvalue weighted by Crippen LogP contribution is -2.20. The van der Waals surface area contributed by atoms with Crippen molar-refractivity contribution in [3.05, 3.63) is 23.8 Å². The zero-order valence-electron chi connectivity index (χ0n) is 6.75. The number of hydrogen-bond donors (Lipinski definition) is 3. The standard InChI is InChI=1S/C9H12N2O/c10-8-5-6(12)1-2-7(8)9(11)3-4-9/h1-2,5,12H,3-4,10-11H2. The summed E-state index contributed by atoms with van der Waals surface area (Å²) in [5.41, 5.74) is 13.0. The molecule has 1 saturated carbocycles. The molecule has 1 aliphatic carbocycles. The summed E-state index contributed by atoms with van der Waals surface area (Å²) in [6, 6.07) is 4.97. The molecule has 2 rings (SSSR count). The minimum absolute atomic E-state index is 0.195. The van der Waals surface area contributed by atoms with Crippen LogP contribution in [-0.4, -0.2) is 5.11 Å². The van der Waals surface area contributed by atoms with Crippen molar-refractivity contribution in [2.24, 2.45) is 5.73 Å². The van der Waals surface area contributed by atoms with E-state index in [-0.39, 0.29) is 11.3 Å². The van der Waals surface area contributed by atoms with Crippen LogP contribution >= 0.6 is 0 Å². The Bertz CT molecular complexity index is 318. The maximum atomic E-state index is 9.10. The van der Waals surface area contributed by atoms with Gasteiger partial charge in [-0.3, -0.25) is 0 Å². The summed E-state index contributed by atoms with van der Waals surface area (Å²) in [7, 11) is 0. The molecule has 0 radical (unpaired) electrons. The van der Waals surface area contributed by atoms with Crippen molar-refractivity contribution in [1.29, 1.82) is 0 Å². The summed E-state index contributed by atoms with van der Waals surface area (Å²) in [5, 5.41) is 9.10. The number of aromatic hydroxyl groups is 1. The Hall–Kier alpha value is -1.22. The largest absolute Gasteiger partial charge is 0.508 e. The molecule has 0 heterocycles. The van der Waals surface area contributed by atoms with E-state index in [2.05, 4.69) is 0 Å². The predicted molar refractivity (Wildman–Crippen MR) is 47.6 cm³/mol. The normalized spacial score (nSPS) is 19.1. The molecule has 0 unspecified atom stereocenters. The monoisotopic (exact) mass is 164 g/mol. The molecule has 1 aliphatic rings. The fraction of sp³-hybridized carbons (Fsp3) is 0.333. The molecule has 0 atom stereocenters. The topological polar surface area (TPSA) is 72.3 Å². The third kappa shape index (κ3) is 1.02. The van der Waals surface area contributed by atoms with Crippen molar-refractivity contribution in [3.8, 4) is 5.75 Å². The molecule has 0 saturated heterocycles. The second-order valence-electron chi connectivity index (χ2n) is 3.43. The number of hydrogen-bond acceptors (Lipinski definition) is 3. The molecule has 5 N–H and O–H groups in total. The molecule has 1 aromatic rings. The fourth-order valence-electron chi connectivity index (χ4n) is 1.41. The van der Waals surface area contributed by atoms with Crippen LogP contribution in [0.5, 0.6) is 5.75 Å². The van der Waals surface area contributed by atoms with E-state index in [4.69, 9.17) is 16.6 Å². The molecule has 0 aliphatic heterocycles. The summed E-state index contributed by atoms with van der Waals surface area (Å²) < 4.78 is 0. The molecular formula is C9H12N2O. The SMILES string of the molecule is Nc1cc(O)ccc1C1(N)CC1. The first-order valence-electron chi connectivity index (χ1n) is 4.00. The van der Waals surface area contributed by atoms with Gasteiger partial charge in [0.15, 0.2) is 0 Å². The first-order chi connectivity index (χ1) is 5.62. The van der Waals surface area contributed by atoms with Crippen molar-refractivity contribution in [1.82, 2.24) is 0 Å². The number of phenols is 1. The van der Waals surface area contributed by atoms with Crippen LogP contribution in [-0.2, 0) is 5.54 Å². The Morgan fingerprint density at radius 2 is 2.00 bits per heavy atom. The van der Waals surface area contributed by atoms with Crippen molar-refractivity contribution >= 4 is 5.69 Å². The van der Waals surface area contributed by atoms with Gasteiger partial charge in [-0.15, -0.1) is 0 Å². The zero-order valence-corrected chi connectivity index (χ0v) is 6.75. The van der Waals surface area contributed by atoms with Gasteiger partial charge in [0.05, 0.1) is 0 Å². The molecule has 0 bridgehead atoms. The van der Waals surface area contributed by atoms with Crippen LogP contribution in [0, 0.1) is 0 Å². The van der Waals surface area contributed by atoms with Crippen LogP contribution in [0.2, 0.25) is 0 Å². The van der Waals surface area contributed by atoms with Gasteiger partial charge < -0.3 is 16.6 Å². The molecule has 1 fully saturated rings. The van der Waals surface area contributed by atoms with Gasteiger partial charge in [0.25, 0.3) is 0 Å². The minimum Gasteiger partial charge on any atom is -0.508 e. The van der Waals surface area contributed by atoms with E-state index in [0.29, 0.717) is 5.69 Å². The third-order valence-electron chi connectivity index (χ3n) is 2.36. The first kappa shape index (κ1) is 7.43. The number of phenolic OH excluding ortho intramolecular Hbond substituents is 1. The van der Waals surface area contributed by atoms with Gasteiger partial charge in [0.2, 0.25) is 0 Å². The van der Waals surface area contributed by atoms with E-state index in [0.717, 1.165) is 18.4 Å². The Morgan fingerprint density at radius 1 is 1.33 bits per heavy atom. The third-order valence-corrected chi connectivity index (χ3v) is 2.36. The fourth-order valence-corrected chi connectivity index (χ4v) is 1.41. The first-order valence-corrected chi connectivity index (χ1v) is 4.00. The highest BCUT2D eigenvalue weighted by Crippen LogP contribution is 2.45. The van der Waals surface area contributed by atoms with Crippen LogP contribution in [0.1, 0.15) is 18.4 Å². The summed E-state index contributed by atoms with van der Waals surface area (Å²) in [6.07, 6.45) is 1.98. The molecule has 12 heavy (non-hydrogen) atoms. The second kappa shape index (κ2) is 2.14. The number of rotatable bonds is 1. The molecule has 3 heteroatoms. The smallest absolute Gasteiger partial charge is 0.117 e. The average molecular weight is 164 g/mol. The quantitative estimate of drug-likeness (QED) is 0.540. The number of nitrogen functional groups attached to an aromatic ring is 1. The summed E-state index contributed by atoms with van der Waals surface area (Å²) in [4.78, 5) is 0. The molecule has 64 valence electrons. The van der Waals surface area contributed by atoms with Gasteiger partial charge in [-0.25, -0.2) is 0 Å². The van der Waals surface area contributed by atoms with Gasteiger partial charge >= 0.3 is 0 Å². The predicted octanol–water partition coefficient (Wildman–Crippen LogP) is 0.922. The van der Waals surface area contributed by atoms with Crippen LogP contribution in [0.3, 0.4) is 0 Å². The van der Waals surface area contributed by atoms with E-state index in [1.54, 1.807) is 18.2 Å². The highest BCUT2D eigenvalue weighted by Gasteiger charge is 2.41. The highest BCUT2D eigenvalue weighted by atomic mass is 16.3. The molecular weight excluding hydrogens is 152 g/mol. The molecule has 0 spiro atoms. The van der Waals surface area contributed by atoms with E-state index < -0.39 is 0 Å².